The molecule has 11 heteroatoms. The molecule has 2 rings (SSSR count). The van der Waals surface area contributed by atoms with E-state index >= 15 is 0 Å². The molecule has 0 spiro atoms. The number of nitrogens with zero attached hydrogens (tertiary/aromatic N) is 2. The molecule has 11 nitrogen and oxygen atoms in total. The number of methoxy groups -OCH3 is 3. The van der Waals surface area contributed by atoms with Gasteiger partial charge >= 0.3 is 11.7 Å². The number of carbonyl (C=O) groups is 1. The largest absolute Gasteiger partial charge is 0.493 e. The number of ether oxygens (including phenoxy) is 4. The highest BCUT2D eigenvalue weighted by Gasteiger charge is 2.33. The Kier molecular flexibility index (Phi) is 6.32. The maximum Gasteiger partial charge on any atom is 0.345 e. The first-order valence-electron chi connectivity index (χ1n) is 7.71. The molecule has 0 aliphatic heterocycles. The molecule has 0 aliphatic rings. The van der Waals surface area contributed by atoms with Gasteiger partial charge in [-0.1, -0.05) is 0 Å². The minimum atomic E-state index is -0.996. The van der Waals surface area contributed by atoms with Gasteiger partial charge in [-0.3, -0.25) is 20.2 Å². The Hall–Kier alpha value is -3.89. The van der Waals surface area contributed by atoms with Gasteiger partial charge in [0.15, 0.2) is 5.75 Å². The van der Waals surface area contributed by atoms with Crippen LogP contribution >= 0.6 is 0 Å². The van der Waals surface area contributed by atoms with E-state index in [1.54, 1.807) is 0 Å². The lowest BCUT2D eigenvalue weighted by atomic mass is 10.1. The number of hydrogen-bond donors (Lipinski definition) is 0. The van der Waals surface area contributed by atoms with Gasteiger partial charge in [-0.2, -0.15) is 0 Å². The normalized spacial score (nSPS) is 10.1. The van der Waals surface area contributed by atoms with Crippen LogP contribution < -0.4 is 14.2 Å². The summed E-state index contributed by atoms with van der Waals surface area (Å²) >= 11 is 0. The van der Waals surface area contributed by atoms with Gasteiger partial charge in [0, 0.05) is 18.2 Å². The molecule has 0 aliphatic carbocycles. The standard InChI is InChI=1S/C17H16N2O9/c1-25-13-8-12(14(19(23)24)16(27-3)15(13)26-2)17(20)28-9-10-4-6-11(7-5-10)18(21)22/h4-8H,9H2,1-3H3. The molecule has 0 radical (unpaired) electrons. The van der Waals surface area contributed by atoms with Crippen molar-refractivity contribution in [1.82, 2.24) is 0 Å². The smallest absolute Gasteiger partial charge is 0.345 e. The van der Waals surface area contributed by atoms with Gasteiger partial charge < -0.3 is 18.9 Å². The summed E-state index contributed by atoms with van der Waals surface area (Å²) in [5.41, 5.74) is -0.667. The van der Waals surface area contributed by atoms with Crippen LogP contribution in [0, 0.1) is 20.2 Å². The van der Waals surface area contributed by atoms with Crippen molar-refractivity contribution < 1.29 is 33.6 Å². The van der Waals surface area contributed by atoms with Crippen molar-refractivity contribution in [2.45, 2.75) is 6.61 Å². The molecule has 0 aromatic heterocycles. The van der Waals surface area contributed by atoms with E-state index in [1.807, 2.05) is 0 Å². The van der Waals surface area contributed by atoms with Crippen LogP contribution in [-0.4, -0.2) is 37.1 Å². The van der Waals surface area contributed by atoms with Gasteiger partial charge in [-0.25, -0.2) is 4.79 Å². The first kappa shape index (κ1) is 20.4. The van der Waals surface area contributed by atoms with Gasteiger partial charge in [-0.05, 0) is 17.7 Å². The first-order valence-corrected chi connectivity index (χ1v) is 7.71. The first-order chi connectivity index (χ1) is 13.3. The van der Waals surface area contributed by atoms with Crippen molar-refractivity contribution in [3.05, 3.63) is 61.7 Å². The average Bonchev–Trinajstić information content (AvgIpc) is 2.70. The molecule has 2 aromatic carbocycles. The van der Waals surface area contributed by atoms with Gasteiger partial charge in [0.2, 0.25) is 11.5 Å². The van der Waals surface area contributed by atoms with Crippen molar-refractivity contribution in [2.24, 2.45) is 0 Å². The monoisotopic (exact) mass is 392 g/mol. The highest BCUT2D eigenvalue weighted by atomic mass is 16.6. The molecule has 2 aromatic rings. The van der Waals surface area contributed by atoms with E-state index in [0.717, 1.165) is 6.07 Å². The predicted octanol–water partition coefficient (Wildman–Crippen LogP) is 2.89. The quantitative estimate of drug-likeness (QED) is 0.376. The maximum absolute atomic E-state index is 12.5. The molecule has 0 atom stereocenters. The zero-order valence-corrected chi connectivity index (χ0v) is 15.2. The fourth-order valence-electron chi connectivity index (χ4n) is 2.42. The topological polar surface area (TPSA) is 140 Å². The summed E-state index contributed by atoms with van der Waals surface area (Å²) in [7, 11) is 3.77. The van der Waals surface area contributed by atoms with Crippen molar-refractivity contribution in [1.29, 1.82) is 0 Å². The van der Waals surface area contributed by atoms with Gasteiger partial charge in [0.05, 0.1) is 31.2 Å². The second-order valence-corrected chi connectivity index (χ2v) is 5.30. The van der Waals surface area contributed by atoms with Gasteiger partial charge in [0.1, 0.15) is 12.2 Å². The summed E-state index contributed by atoms with van der Waals surface area (Å²) in [4.78, 5) is 33.3. The second-order valence-electron chi connectivity index (χ2n) is 5.30. The van der Waals surface area contributed by atoms with E-state index < -0.39 is 21.5 Å². The van der Waals surface area contributed by atoms with Crippen molar-refractivity contribution in [3.63, 3.8) is 0 Å². The Balaban J connectivity index is 2.35. The Morgan fingerprint density at radius 3 is 2.00 bits per heavy atom. The van der Waals surface area contributed by atoms with Crippen LogP contribution in [0.1, 0.15) is 15.9 Å². The van der Waals surface area contributed by atoms with Crippen LogP contribution in [0.2, 0.25) is 0 Å². The Bertz CT molecular complexity index is 910. The molecule has 148 valence electrons. The molecule has 0 unspecified atom stereocenters. The van der Waals surface area contributed by atoms with Crippen molar-refractivity contribution in [3.8, 4) is 17.2 Å². The SMILES string of the molecule is COc1cc(C(=O)OCc2ccc([N+](=O)[O-])cc2)c([N+](=O)[O-])c(OC)c1OC. The minimum absolute atomic E-state index is 0.0383. The average molecular weight is 392 g/mol. The number of nitro groups is 2. The van der Waals surface area contributed by atoms with Crippen LogP contribution in [-0.2, 0) is 11.3 Å². The molecule has 0 amide bonds. The number of esters is 1. The van der Waals surface area contributed by atoms with Crippen molar-refractivity contribution >= 4 is 17.3 Å². The number of rotatable bonds is 8. The number of nitro benzene ring substituents is 2. The number of benzene rings is 2. The lowest BCUT2D eigenvalue weighted by Crippen LogP contribution is -2.11. The molecule has 0 heterocycles. The van der Waals surface area contributed by atoms with Crippen molar-refractivity contribution in [2.75, 3.05) is 21.3 Å². The van der Waals surface area contributed by atoms with E-state index in [2.05, 4.69) is 0 Å². The van der Waals surface area contributed by atoms with E-state index in [1.165, 1.54) is 45.6 Å². The van der Waals surface area contributed by atoms with E-state index in [-0.39, 0.29) is 35.1 Å². The Morgan fingerprint density at radius 2 is 1.54 bits per heavy atom. The molecular formula is C17H16N2O9. The Labute approximate surface area is 158 Å². The lowest BCUT2D eigenvalue weighted by Gasteiger charge is -2.14. The zero-order chi connectivity index (χ0) is 20.8. The zero-order valence-electron chi connectivity index (χ0n) is 15.2. The number of hydrogen-bond acceptors (Lipinski definition) is 9. The van der Waals surface area contributed by atoms with Crippen LogP contribution in [0.15, 0.2) is 30.3 Å². The van der Waals surface area contributed by atoms with E-state index in [9.17, 15) is 25.0 Å². The summed E-state index contributed by atoms with van der Waals surface area (Å²) in [5.74, 6) is -1.27. The number of non-ortho nitro benzene ring substituents is 1. The third-order valence-electron chi connectivity index (χ3n) is 3.72. The summed E-state index contributed by atoms with van der Waals surface area (Å²) in [5, 5.41) is 22.2. The molecule has 0 saturated heterocycles. The highest BCUT2D eigenvalue weighted by molar-refractivity contribution is 5.97. The van der Waals surface area contributed by atoms with Gasteiger partial charge in [-0.15, -0.1) is 0 Å². The minimum Gasteiger partial charge on any atom is -0.493 e. The lowest BCUT2D eigenvalue weighted by molar-refractivity contribution is -0.386. The third-order valence-corrected chi connectivity index (χ3v) is 3.72. The second kappa shape index (κ2) is 8.66. The molecular weight excluding hydrogens is 376 g/mol. The fraction of sp³-hybridized carbons (Fsp3) is 0.235. The highest BCUT2D eigenvalue weighted by Crippen LogP contribution is 2.46. The van der Waals surface area contributed by atoms with E-state index in [0.29, 0.717) is 5.56 Å². The van der Waals surface area contributed by atoms with Crippen LogP contribution in [0.4, 0.5) is 11.4 Å². The van der Waals surface area contributed by atoms with Crippen LogP contribution in [0.5, 0.6) is 17.2 Å². The van der Waals surface area contributed by atoms with Gasteiger partial charge in [0.25, 0.3) is 5.69 Å². The molecule has 28 heavy (non-hydrogen) atoms. The molecule has 0 saturated carbocycles. The Morgan fingerprint density at radius 1 is 0.929 bits per heavy atom. The maximum atomic E-state index is 12.5. The number of carbonyl (C=O) groups excluding carboxylic acids is 1. The van der Waals surface area contributed by atoms with Crippen LogP contribution in [0.25, 0.3) is 0 Å². The summed E-state index contributed by atoms with van der Waals surface area (Å²) in [6, 6.07) is 6.46. The molecule has 0 bridgehead atoms. The summed E-state index contributed by atoms with van der Waals surface area (Å²) < 4.78 is 20.3. The molecule has 0 N–H and O–H groups in total. The predicted molar refractivity (Wildman–Crippen MR) is 95.0 cm³/mol. The fourth-order valence-corrected chi connectivity index (χ4v) is 2.42. The third kappa shape index (κ3) is 4.09. The van der Waals surface area contributed by atoms with Crippen LogP contribution in [0.3, 0.4) is 0 Å². The van der Waals surface area contributed by atoms with E-state index in [4.69, 9.17) is 18.9 Å². The summed E-state index contributed by atoms with van der Waals surface area (Å²) in [6.07, 6.45) is 0. The summed E-state index contributed by atoms with van der Waals surface area (Å²) in [6.45, 7) is -0.245. The molecule has 0 fully saturated rings.